The highest BCUT2D eigenvalue weighted by Gasteiger charge is 2.25. The fourth-order valence-corrected chi connectivity index (χ4v) is 5.89. The van der Waals surface area contributed by atoms with Gasteiger partial charge in [-0.15, -0.1) is 12.4 Å². The smallest absolute Gasteiger partial charge is 0.307 e. The Labute approximate surface area is 336 Å². The molecule has 1 heterocycles. The van der Waals surface area contributed by atoms with E-state index in [1.807, 2.05) is 48.5 Å². The van der Waals surface area contributed by atoms with Crippen LogP contribution in [0.15, 0.2) is 102 Å². The maximum atomic E-state index is 13.7. The molecule has 1 aliphatic heterocycles. The van der Waals surface area contributed by atoms with E-state index in [1.165, 1.54) is 37.6 Å². The van der Waals surface area contributed by atoms with Gasteiger partial charge in [0.05, 0.1) is 46.5 Å². The molecule has 14 heteroatoms. The second-order valence-corrected chi connectivity index (χ2v) is 12.6. The molecule has 2 atom stereocenters. The molecular formula is C43H46ClF2N3O8. The zero-order valence-electron chi connectivity index (χ0n) is 32.1. The molecule has 0 aromatic heterocycles. The Kier molecular flexibility index (Phi) is 18.0. The number of benzene rings is 4. The lowest BCUT2D eigenvalue weighted by molar-refractivity contribution is -0.144. The third-order valence-corrected chi connectivity index (χ3v) is 8.53. The quantitative estimate of drug-likeness (QED) is 0.0923. The van der Waals surface area contributed by atoms with Gasteiger partial charge in [-0.05, 0) is 85.3 Å². The maximum absolute atomic E-state index is 13.7. The van der Waals surface area contributed by atoms with E-state index in [2.05, 4.69) is 10.3 Å². The van der Waals surface area contributed by atoms with Crippen LogP contribution < -0.4 is 20.5 Å². The first-order valence-corrected chi connectivity index (χ1v) is 18.0. The fraction of sp³-hybridized carbons (Fsp3) is 0.279. The SMILES string of the molecule is CCOC(=O)C[C@@H](Cc1ccc(-c2cc(F)ccc2OC)cc1)NC(=O)C1=CN=CC1=O.CCOC(=O)C[C@H](N)Cc1ccc(-c2cc(F)ccc2OC)cc1.Cl. The Hall–Kier alpha value is -5.92. The van der Waals surface area contributed by atoms with Crippen LogP contribution in [-0.2, 0) is 41.5 Å². The number of nitrogens with zero attached hydrogens (tertiary/aromatic N) is 1. The predicted molar refractivity (Wildman–Crippen MR) is 215 cm³/mol. The van der Waals surface area contributed by atoms with Crippen LogP contribution in [0.2, 0.25) is 0 Å². The van der Waals surface area contributed by atoms with Crippen molar-refractivity contribution in [3.05, 3.63) is 119 Å². The minimum absolute atomic E-state index is 0. The number of ketones is 1. The van der Waals surface area contributed by atoms with Gasteiger partial charge in [-0.2, -0.15) is 0 Å². The molecule has 0 radical (unpaired) electrons. The predicted octanol–water partition coefficient (Wildman–Crippen LogP) is 6.77. The number of carbonyl (C=O) groups is 4. The van der Waals surface area contributed by atoms with Crippen molar-refractivity contribution in [1.29, 1.82) is 0 Å². The normalized spacial score (nSPS) is 12.5. The van der Waals surface area contributed by atoms with Gasteiger partial charge in [0.15, 0.2) is 0 Å². The number of aliphatic imine (C=N–C) groups is 1. The van der Waals surface area contributed by atoms with Crippen molar-refractivity contribution in [2.24, 2.45) is 10.7 Å². The number of amides is 1. The van der Waals surface area contributed by atoms with Gasteiger partial charge in [-0.1, -0.05) is 48.5 Å². The minimum Gasteiger partial charge on any atom is -0.496 e. The zero-order chi connectivity index (χ0) is 40.6. The van der Waals surface area contributed by atoms with E-state index in [-0.39, 0.29) is 61.1 Å². The number of carbonyl (C=O) groups excluding carboxylic acids is 4. The Balaban J connectivity index is 0.000000312. The molecule has 57 heavy (non-hydrogen) atoms. The third-order valence-electron chi connectivity index (χ3n) is 8.53. The van der Waals surface area contributed by atoms with Crippen LogP contribution in [0, 0.1) is 11.6 Å². The molecule has 1 amide bonds. The first kappa shape index (κ1) is 45.5. The molecule has 3 N–H and O–H groups in total. The number of methoxy groups -OCH3 is 2. The highest BCUT2D eigenvalue weighted by molar-refractivity contribution is 6.44. The number of halogens is 3. The molecule has 1 aliphatic rings. The van der Waals surface area contributed by atoms with E-state index in [0.717, 1.165) is 28.5 Å². The van der Waals surface area contributed by atoms with Crippen molar-refractivity contribution in [2.75, 3.05) is 27.4 Å². The average molecular weight is 806 g/mol. The summed E-state index contributed by atoms with van der Waals surface area (Å²) >= 11 is 0. The average Bonchev–Trinajstić information content (AvgIpc) is 3.61. The van der Waals surface area contributed by atoms with E-state index in [4.69, 9.17) is 24.7 Å². The van der Waals surface area contributed by atoms with Crippen molar-refractivity contribution >= 4 is 42.3 Å². The number of ether oxygens (including phenoxy) is 4. The third kappa shape index (κ3) is 13.7. The second-order valence-electron chi connectivity index (χ2n) is 12.6. The summed E-state index contributed by atoms with van der Waals surface area (Å²) in [6, 6.07) is 22.7. The molecule has 0 bridgehead atoms. The summed E-state index contributed by atoms with van der Waals surface area (Å²) in [5.74, 6) is -1.35. The molecule has 4 aromatic carbocycles. The molecule has 302 valence electrons. The van der Waals surface area contributed by atoms with E-state index >= 15 is 0 Å². The van der Waals surface area contributed by atoms with E-state index in [0.29, 0.717) is 42.1 Å². The number of nitrogens with one attached hydrogen (secondary N) is 1. The van der Waals surface area contributed by atoms with Crippen LogP contribution in [-0.4, -0.2) is 69.4 Å². The van der Waals surface area contributed by atoms with Gasteiger partial charge in [-0.3, -0.25) is 24.2 Å². The molecule has 0 saturated heterocycles. The van der Waals surface area contributed by atoms with Gasteiger partial charge in [0.25, 0.3) is 5.91 Å². The monoisotopic (exact) mass is 805 g/mol. The first-order chi connectivity index (χ1) is 26.9. The van der Waals surface area contributed by atoms with Crippen LogP contribution >= 0.6 is 12.4 Å². The Morgan fingerprint density at radius 2 is 1.19 bits per heavy atom. The highest BCUT2D eigenvalue weighted by atomic mass is 35.5. The van der Waals surface area contributed by atoms with Crippen molar-refractivity contribution < 1.29 is 46.9 Å². The van der Waals surface area contributed by atoms with Gasteiger partial charge in [-0.25, -0.2) is 8.78 Å². The number of nitrogens with two attached hydrogens (primary N) is 1. The Morgan fingerprint density at radius 1 is 0.719 bits per heavy atom. The summed E-state index contributed by atoms with van der Waals surface area (Å²) in [5.41, 5.74) is 10.7. The van der Waals surface area contributed by atoms with Crippen LogP contribution in [0.25, 0.3) is 22.3 Å². The largest absolute Gasteiger partial charge is 0.496 e. The summed E-state index contributed by atoms with van der Waals surface area (Å²) in [6.45, 7) is 4.05. The van der Waals surface area contributed by atoms with Crippen molar-refractivity contribution in [3.63, 3.8) is 0 Å². The molecule has 11 nitrogen and oxygen atoms in total. The molecule has 0 saturated carbocycles. The summed E-state index contributed by atoms with van der Waals surface area (Å²) in [5, 5.41) is 2.72. The summed E-state index contributed by atoms with van der Waals surface area (Å²) in [6.07, 6.45) is 3.29. The summed E-state index contributed by atoms with van der Waals surface area (Å²) in [4.78, 5) is 51.3. The lowest BCUT2D eigenvalue weighted by Crippen LogP contribution is -2.40. The minimum atomic E-state index is -0.595. The molecule has 0 fully saturated rings. The van der Waals surface area contributed by atoms with E-state index < -0.39 is 23.7 Å². The van der Waals surface area contributed by atoms with Gasteiger partial charge >= 0.3 is 11.9 Å². The maximum Gasteiger partial charge on any atom is 0.307 e. The second kappa shape index (κ2) is 22.6. The molecule has 0 unspecified atom stereocenters. The molecular weight excluding hydrogens is 760 g/mol. The molecule has 4 aromatic rings. The standard InChI is InChI=1S/C24H23FN2O5.C19H22FNO3.ClH/c1-3-32-23(29)12-18(27-24(30)20-13-26-14-21(20)28)10-15-4-6-16(7-5-15)19-11-17(25)8-9-22(19)31-2;1-3-24-19(22)12-16(21)10-13-4-6-14(7-5-13)17-11-15(20)8-9-18(17)23-2;/h4-9,11,13-14,18H,3,10,12H2,1-2H3,(H,27,30);4-9,11,16H,3,10,12,21H2,1-2H3;1H/t18-;16-;/m11./s1. The number of hydrogen-bond acceptors (Lipinski definition) is 10. The van der Waals surface area contributed by atoms with E-state index in [1.54, 1.807) is 33.1 Å². The molecule has 0 aliphatic carbocycles. The molecule has 5 rings (SSSR count). The topological polar surface area (TPSA) is 156 Å². The van der Waals surface area contributed by atoms with Crippen LogP contribution in [0.5, 0.6) is 11.5 Å². The van der Waals surface area contributed by atoms with Crippen molar-refractivity contribution in [3.8, 4) is 33.8 Å². The highest BCUT2D eigenvalue weighted by Crippen LogP contribution is 2.32. The lowest BCUT2D eigenvalue weighted by Gasteiger charge is -2.18. The summed E-state index contributed by atoms with van der Waals surface area (Å²) in [7, 11) is 3.07. The van der Waals surface area contributed by atoms with Crippen molar-refractivity contribution in [2.45, 2.75) is 51.6 Å². The number of Topliss-reactive ketones (excluding diaryl/α,β-unsaturated/α-hetero) is 1. The van der Waals surface area contributed by atoms with Crippen molar-refractivity contribution in [1.82, 2.24) is 5.32 Å². The lowest BCUT2D eigenvalue weighted by atomic mass is 9.98. The number of hydrogen-bond donors (Lipinski definition) is 2. The van der Waals surface area contributed by atoms with Crippen LogP contribution in [0.4, 0.5) is 8.78 Å². The van der Waals surface area contributed by atoms with Gasteiger partial charge in [0, 0.05) is 29.4 Å². The number of rotatable bonds is 16. The van der Waals surface area contributed by atoms with Crippen LogP contribution in [0.1, 0.15) is 37.8 Å². The molecule has 0 spiro atoms. The van der Waals surface area contributed by atoms with Crippen LogP contribution in [0.3, 0.4) is 0 Å². The van der Waals surface area contributed by atoms with Gasteiger partial charge in [0.2, 0.25) is 5.78 Å². The zero-order valence-corrected chi connectivity index (χ0v) is 32.9. The summed E-state index contributed by atoms with van der Waals surface area (Å²) < 4.78 is 47.7. The van der Waals surface area contributed by atoms with Gasteiger partial charge in [0.1, 0.15) is 28.7 Å². The van der Waals surface area contributed by atoms with E-state index in [9.17, 15) is 28.0 Å². The first-order valence-electron chi connectivity index (χ1n) is 18.0. The fourth-order valence-electron chi connectivity index (χ4n) is 5.89. The Morgan fingerprint density at radius 3 is 1.63 bits per heavy atom. The van der Waals surface area contributed by atoms with Gasteiger partial charge < -0.3 is 30.0 Å². The number of esters is 2. The Bertz CT molecular complexity index is 2060.